The summed E-state index contributed by atoms with van der Waals surface area (Å²) in [6, 6.07) is 0. The quantitative estimate of drug-likeness (QED) is 0.404. The molecule has 2 heteroatoms. The fraction of sp³-hybridized carbons (Fsp3) is 0.935. The summed E-state index contributed by atoms with van der Waals surface area (Å²) in [5.41, 5.74) is 2.64. The molecule has 5 aliphatic rings. The molecule has 0 aliphatic heterocycles. The Bertz CT molecular complexity index is 840. The van der Waals surface area contributed by atoms with Gasteiger partial charge in [-0.3, -0.25) is 0 Å². The van der Waals surface area contributed by atoms with Crippen molar-refractivity contribution in [2.45, 2.75) is 119 Å². The predicted octanol–water partition coefficient (Wildman–Crippen LogP) is 7.39. The molecule has 4 fully saturated rings. The zero-order chi connectivity index (χ0) is 24.2. The van der Waals surface area contributed by atoms with E-state index in [1.807, 2.05) is 0 Å². The van der Waals surface area contributed by atoms with Crippen molar-refractivity contribution >= 4 is 0 Å². The number of rotatable bonds is 1. The fourth-order valence-corrected chi connectivity index (χ4v) is 10.9. The van der Waals surface area contributed by atoms with Gasteiger partial charge in [0, 0.05) is 5.41 Å². The van der Waals surface area contributed by atoms with Crippen molar-refractivity contribution in [2.24, 2.45) is 56.2 Å². The normalized spacial score (nSPS) is 54.8. The molecule has 4 saturated carbocycles. The van der Waals surface area contributed by atoms with E-state index in [9.17, 15) is 10.2 Å². The highest BCUT2D eigenvalue weighted by Crippen LogP contribution is 2.76. The van der Waals surface area contributed by atoms with E-state index in [0.717, 1.165) is 37.5 Å². The van der Waals surface area contributed by atoms with Crippen molar-refractivity contribution in [2.75, 3.05) is 6.61 Å². The third kappa shape index (κ3) is 2.92. The van der Waals surface area contributed by atoms with Gasteiger partial charge in [0.2, 0.25) is 0 Å². The molecule has 0 aromatic carbocycles. The molecular formula is C31H52O2. The van der Waals surface area contributed by atoms with Gasteiger partial charge in [0.25, 0.3) is 0 Å². The summed E-state index contributed by atoms with van der Waals surface area (Å²) in [7, 11) is 0. The van der Waals surface area contributed by atoms with Gasteiger partial charge in [0.15, 0.2) is 0 Å². The second-order valence-corrected chi connectivity index (χ2v) is 15.6. The minimum atomic E-state index is -0.394. The maximum atomic E-state index is 11.8. The van der Waals surface area contributed by atoms with Crippen LogP contribution in [0.3, 0.4) is 0 Å². The van der Waals surface area contributed by atoms with Gasteiger partial charge in [-0.15, -0.1) is 0 Å². The van der Waals surface area contributed by atoms with Crippen molar-refractivity contribution in [1.29, 1.82) is 0 Å². The molecule has 0 aromatic rings. The monoisotopic (exact) mass is 456 g/mol. The van der Waals surface area contributed by atoms with E-state index in [1.54, 1.807) is 5.57 Å². The highest BCUT2D eigenvalue weighted by molar-refractivity contribution is 5.35. The van der Waals surface area contributed by atoms with E-state index in [4.69, 9.17) is 0 Å². The Morgan fingerprint density at radius 3 is 2.24 bits per heavy atom. The van der Waals surface area contributed by atoms with Crippen LogP contribution in [0.1, 0.15) is 113 Å². The largest absolute Gasteiger partial charge is 0.396 e. The molecule has 0 spiro atoms. The van der Waals surface area contributed by atoms with Gasteiger partial charge in [-0.2, -0.15) is 0 Å². The average molecular weight is 457 g/mol. The van der Waals surface area contributed by atoms with Crippen LogP contribution >= 0.6 is 0 Å². The van der Waals surface area contributed by atoms with Crippen LogP contribution in [0.2, 0.25) is 0 Å². The lowest BCUT2D eigenvalue weighted by molar-refractivity contribution is -0.210. The van der Waals surface area contributed by atoms with Crippen molar-refractivity contribution < 1.29 is 10.2 Å². The van der Waals surface area contributed by atoms with E-state index < -0.39 is 6.10 Å². The number of allylic oxidation sites excluding steroid dienone is 2. The first-order valence-corrected chi connectivity index (χ1v) is 14.2. The van der Waals surface area contributed by atoms with Crippen molar-refractivity contribution in [3.8, 4) is 0 Å². The molecule has 0 aromatic heterocycles. The lowest BCUT2D eigenvalue weighted by Crippen LogP contribution is -2.66. The molecule has 9 unspecified atom stereocenters. The molecule has 0 saturated heterocycles. The van der Waals surface area contributed by atoms with Crippen LogP contribution in [0.15, 0.2) is 11.6 Å². The molecule has 0 amide bonds. The van der Waals surface area contributed by atoms with Gasteiger partial charge < -0.3 is 10.2 Å². The zero-order valence-corrected chi connectivity index (χ0v) is 22.9. The highest BCUT2D eigenvalue weighted by Gasteiger charge is 2.69. The summed E-state index contributed by atoms with van der Waals surface area (Å²) in [6.45, 7) is 20.3. The summed E-state index contributed by atoms with van der Waals surface area (Å²) in [5.74, 6) is 2.61. The molecule has 2 nitrogen and oxygen atoms in total. The van der Waals surface area contributed by atoms with Crippen molar-refractivity contribution in [3.05, 3.63) is 11.6 Å². The zero-order valence-electron chi connectivity index (χ0n) is 22.9. The Morgan fingerprint density at radius 2 is 1.58 bits per heavy atom. The minimum absolute atomic E-state index is 0.0350. The lowest BCUT2D eigenvalue weighted by Gasteiger charge is -2.72. The van der Waals surface area contributed by atoms with Gasteiger partial charge in [-0.05, 0) is 109 Å². The lowest BCUT2D eigenvalue weighted by atomic mass is 9.33. The van der Waals surface area contributed by atoms with Gasteiger partial charge in [-0.1, -0.05) is 67.0 Å². The highest BCUT2D eigenvalue weighted by atomic mass is 16.3. The van der Waals surface area contributed by atoms with Crippen LogP contribution in [0.5, 0.6) is 0 Å². The smallest absolute Gasteiger partial charge is 0.0632 e. The molecule has 5 rings (SSSR count). The van der Waals surface area contributed by atoms with E-state index in [-0.39, 0.29) is 28.3 Å². The van der Waals surface area contributed by atoms with Crippen LogP contribution in [-0.4, -0.2) is 22.9 Å². The molecule has 0 bridgehead atoms. The van der Waals surface area contributed by atoms with E-state index in [2.05, 4.69) is 61.5 Å². The molecule has 0 radical (unpaired) electrons. The molecule has 5 aliphatic carbocycles. The van der Waals surface area contributed by atoms with Gasteiger partial charge >= 0.3 is 0 Å². The Balaban J connectivity index is 1.61. The van der Waals surface area contributed by atoms with Crippen LogP contribution in [0, 0.1) is 56.2 Å². The topological polar surface area (TPSA) is 40.5 Å². The standard InChI is InChI=1S/C31H52O2/c1-20-11-13-28(6)23(27(20,4)5)12-14-29(7)24(28)10-9-21-22-17-26(2,3)15-16-31(22,19-32)25(33)18-30(21,29)8/h9,20,22-25,32-33H,10-19H2,1-8H3. The summed E-state index contributed by atoms with van der Waals surface area (Å²) in [6.07, 6.45) is 12.8. The van der Waals surface area contributed by atoms with Crippen molar-refractivity contribution in [3.63, 3.8) is 0 Å². The maximum Gasteiger partial charge on any atom is 0.0632 e. The number of fused-ring (bicyclic) bond motifs is 7. The third-order valence-electron chi connectivity index (χ3n) is 13.7. The predicted molar refractivity (Wildman–Crippen MR) is 137 cm³/mol. The summed E-state index contributed by atoms with van der Waals surface area (Å²) < 4.78 is 0. The SMILES string of the molecule is CC1CCC2(C)C(CCC3(C)C2CC=C2C4CC(C)(C)CCC4(CO)C(O)CC23C)C1(C)C. The molecule has 9 atom stereocenters. The Kier molecular flexibility index (Phi) is 5.25. The number of aliphatic hydroxyl groups is 2. The van der Waals surface area contributed by atoms with E-state index in [0.29, 0.717) is 22.7 Å². The Labute approximate surface area is 204 Å². The summed E-state index contributed by atoms with van der Waals surface area (Å²) in [5, 5.41) is 22.4. The van der Waals surface area contributed by atoms with Gasteiger partial charge in [0.05, 0.1) is 12.7 Å². The molecular weight excluding hydrogens is 404 g/mol. The Morgan fingerprint density at radius 1 is 0.879 bits per heavy atom. The van der Waals surface area contributed by atoms with Crippen LogP contribution in [0.4, 0.5) is 0 Å². The molecule has 188 valence electrons. The third-order valence-corrected chi connectivity index (χ3v) is 13.7. The second-order valence-electron chi connectivity index (χ2n) is 15.6. The van der Waals surface area contributed by atoms with Crippen LogP contribution in [0.25, 0.3) is 0 Å². The second kappa shape index (κ2) is 7.12. The first-order chi connectivity index (χ1) is 15.2. The van der Waals surface area contributed by atoms with E-state index >= 15 is 0 Å². The number of aliphatic hydroxyl groups excluding tert-OH is 2. The molecule has 0 heterocycles. The molecule has 33 heavy (non-hydrogen) atoms. The van der Waals surface area contributed by atoms with Gasteiger partial charge in [-0.25, -0.2) is 0 Å². The van der Waals surface area contributed by atoms with E-state index in [1.165, 1.54) is 32.1 Å². The summed E-state index contributed by atoms with van der Waals surface area (Å²) >= 11 is 0. The first-order valence-electron chi connectivity index (χ1n) is 14.2. The minimum Gasteiger partial charge on any atom is -0.396 e. The first kappa shape index (κ1) is 24.4. The summed E-state index contributed by atoms with van der Waals surface area (Å²) in [4.78, 5) is 0. The van der Waals surface area contributed by atoms with Crippen LogP contribution < -0.4 is 0 Å². The van der Waals surface area contributed by atoms with Crippen LogP contribution in [-0.2, 0) is 0 Å². The number of hydrogen-bond donors (Lipinski definition) is 2. The maximum absolute atomic E-state index is 11.8. The average Bonchev–Trinajstić information content (AvgIpc) is 2.71. The van der Waals surface area contributed by atoms with Gasteiger partial charge in [0.1, 0.15) is 0 Å². The van der Waals surface area contributed by atoms with Crippen molar-refractivity contribution in [1.82, 2.24) is 0 Å². The fourth-order valence-electron chi connectivity index (χ4n) is 10.9. The molecule has 2 N–H and O–H groups in total. The Hall–Kier alpha value is -0.340. The number of hydrogen-bond acceptors (Lipinski definition) is 2.